The number of benzene rings is 1. The van der Waals surface area contributed by atoms with Gasteiger partial charge in [0.25, 0.3) is 5.91 Å². The molecular weight excluding hydrogens is 430 g/mol. The van der Waals surface area contributed by atoms with Crippen LogP contribution in [0, 0.1) is 5.92 Å². The lowest BCUT2D eigenvalue weighted by molar-refractivity contribution is -0.147. The summed E-state index contributed by atoms with van der Waals surface area (Å²) >= 11 is 5.39. The van der Waals surface area contributed by atoms with Gasteiger partial charge >= 0.3 is 5.97 Å². The third-order valence-corrected chi connectivity index (χ3v) is 5.35. The van der Waals surface area contributed by atoms with Crippen LogP contribution in [0.5, 0.6) is 5.75 Å². The smallest absolute Gasteiger partial charge is 0.308 e. The molecule has 0 radical (unpaired) electrons. The summed E-state index contributed by atoms with van der Waals surface area (Å²) in [5.74, 6) is -0.0644. The molecule has 1 aromatic carbocycles. The number of carbonyl (C=O) groups is 3. The minimum Gasteiger partial charge on any atom is -0.494 e. The molecule has 8 nitrogen and oxygen atoms in total. The zero-order valence-corrected chi connectivity index (χ0v) is 19.8. The Bertz CT molecular complexity index is 797. The highest BCUT2D eigenvalue weighted by atomic mass is 32.1. The Morgan fingerprint density at radius 3 is 2.62 bits per heavy atom. The van der Waals surface area contributed by atoms with Crippen LogP contribution in [0.2, 0.25) is 0 Å². The van der Waals surface area contributed by atoms with E-state index in [-0.39, 0.29) is 23.3 Å². The summed E-state index contributed by atoms with van der Waals surface area (Å²) in [6.07, 6.45) is 2.63. The molecule has 1 atom stereocenters. The third-order valence-electron chi connectivity index (χ3n) is 5.01. The van der Waals surface area contributed by atoms with Crippen LogP contribution >= 0.6 is 12.2 Å². The third kappa shape index (κ3) is 8.11. The Hall–Kier alpha value is -2.68. The summed E-state index contributed by atoms with van der Waals surface area (Å²) in [4.78, 5) is 38.8. The molecule has 1 aliphatic heterocycles. The van der Waals surface area contributed by atoms with E-state index < -0.39 is 12.0 Å². The maximum Gasteiger partial charge on any atom is 0.308 e. The van der Waals surface area contributed by atoms with Crippen LogP contribution in [0.15, 0.2) is 24.3 Å². The highest BCUT2D eigenvalue weighted by Gasteiger charge is 2.34. The second kappa shape index (κ2) is 13.0. The summed E-state index contributed by atoms with van der Waals surface area (Å²) in [7, 11) is 0. The van der Waals surface area contributed by atoms with Gasteiger partial charge in [-0.1, -0.05) is 27.2 Å². The summed E-state index contributed by atoms with van der Waals surface area (Å²) < 4.78 is 10.8. The van der Waals surface area contributed by atoms with Crippen LogP contribution < -0.4 is 15.4 Å². The first-order valence-electron chi connectivity index (χ1n) is 11.1. The van der Waals surface area contributed by atoms with E-state index in [0.29, 0.717) is 43.5 Å². The van der Waals surface area contributed by atoms with Crippen molar-refractivity contribution in [1.29, 1.82) is 0 Å². The van der Waals surface area contributed by atoms with E-state index in [0.717, 1.165) is 19.3 Å². The number of ether oxygens (including phenoxy) is 2. The Morgan fingerprint density at radius 2 is 1.97 bits per heavy atom. The molecule has 2 rings (SSSR count). The molecule has 0 aliphatic carbocycles. The lowest BCUT2D eigenvalue weighted by Crippen LogP contribution is -2.60. The Morgan fingerprint density at radius 1 is 1.25 bits per heavy atom. The molecule has 0 saturated carbocycles. The van der Waals surface area contributed by atoms with Crippen LogP contribution in [0.25, 0.3) is 0 Å². The minimum atomic E-state index is -0.822. The van der Waals surface area contributed by atoms with E-state index in [9.17, 15) is 14.4 Å². The quantitative estimate of drug-likeness (QED) is 0.313. The molecule has 0 bridgehead atoms. The van der Waals surface area contributed by atoms with Crippen LogP contribution in [0.1, 0.15) is 56.8 Å². The number of amides is 2. The largest absolute Gasteiger partial charge is 0.494 e. The minimum absolute atomic E-state index is 0.105. The van der Waals surface area contributed by atoms with E-state index in [1.807, 2.05) is 13.8 Å². The maximum atomic E-state index is 12.6. The lowest BCUT2D eigenvalue weighted by atomic mass is 10.1. The number of rotatable bonds is 10. The van der Waals surface area contributed by atoms with Gasteiger partial charge in [0, 0.05) is 18.7 Å². The Kier molecular flexibility index (Phi) is 10.4. The monoisotopic (exact) mass is 463 g/mol. The summed E-state index contributed by atoms with van der Waals surface area (Å²) in [6, 6.07) is 5.96. The molecule has 0 spiro atoms. The van der Waals surface area contributed by atoms with E-state index in [4.69, 9.17) is 21.7 Å². The summed E-state index contributed by atoms with van der Waals surface area (Å²) in [6.45, 7) is 7.87. The highest BCUT2D eigenvalue weighted by molar-refractivity contribution is 7.80. The molecule has 2 N–H and O–H groups in total. The van der Waals surface area contributed by atoms with Gasteiger partial charge in [-0.2, -0.15) is 0 Å². The van der Waals surface area contributed by atoms with E-state index >= 15 is 0 Å². The van der Waals surface area contributed by atoms with Crippen molar-refractivity contribution in [2.24, 2.45) is 5.92 Å². The van der Waals surface area contributed by atoms with E-state index in [1.165, 1.54) is 0 Å². The molecule has 1 saturated heterocycles. The number of carbonyl (C=O) groups excluding carboxylic acids is 3. The number of esters is 1. The highest BCUT2D eigenvalue weighted by Crippen LogP contribution is 2.14. The zero-order chi connectivity index (χ0) is 23.5. The van der Waals surface area contributed by atoms with Gasteiger partial charge in [0.1, 0.15) is 11.8 Å². The Labute approximate surface area is 195 Å². The number of unbranched alkanes of at least 4 members (excludes halogenated alkanes) is 1. The van der Waals surface area contributed by atoms with Crippen LogP contribution in [0.4, 0.5) is 0 Å². The topological polar surface area (TPSA) is 97.0 Å². The second-order valence-corrected chi connectivity index (χ2v) is 8.48. The van der Waals surface area contributed by atoms with Gasteiger partial charge < -0.3 is 19.7 Å². The molecule has 32 heavy (non-hydrogen) atoms. The molecule has 2 amide bonds. The molecule has 1 aromatic rings. The van der Waals surface area contributed by atoms with Crippen LogP contribution in [-0.2, 0) is 14.3 Å². The average molecular weight is 464 g/mol. The van der Waals surface area contributed by atoms with Gasteiger partial charge in [0.15, 0.2) is 5.11 Å². The molecule has 0 aromatic heterocycles. The van der Waals surface area contributed by atoms with Gasteiger partial charge in [-0.3, -0.25) is 19.7 Å². The average Bonchev–Trinajstić information content (AvgIpc) is 2.75. The number of thiocarbonyl (C=S) groups is 1. The Balaban J connectivity index is 1.94. The van der Waals surface area contributed by atoms with Crippen molar-refractivity contribution in [2.75, 3.05) is 26.3 Å². The van der Waals surface area contributed by atoms with Crippen molar-refractivity contribution in [2.45, 2.75) is 52.5 Å². The van der Waals surface area contributed by atoms with E-state index in [2.05, 4.69) is 17.6 Å². The predicted octanol–water partition coefficient (Wildman–Crippen LogP) is 2.66. The van der Waals surface area contributed by atoms with Gasteiger partial charge in [-0.15, -0.1) is 0 Å². The summed E-state index contributed by atoms with van der Waals surface area (Å²) in [5.41, 5.74) is 0.418. The molecular formula is C23H33N3O5S. The van der Waals surface area contributed by atoms with Crippen molar-refractivity contribution in [1.82, 2.24) is 15.5 Å². The van der Waals surface area contributed by atoms with Gasteiger partial charge in [0.05, 0.1) is 19.6 Å². The van der Waals surface area contributed by atoms with Crippen LogP contribution in [0.3, 0.4) is 0 Å². The fourth-order valence-electron chi connectivity index (χ4n) is 3.06. The van der Waals surface area contributed by atoms with Crippen LogP contribution in [-0.4, -0.2) is 60.1 Å². The van der Waals surface area contributed by atoms with Crippen molar-refractivity contribution >= 4 is 35.1 Å². The predicted molar refractivity (Wildman–Crippen MR) is 125 cm³/mol. The first kappa shape index (κ1) is 25.6. The molecule has 1 unspecified atom stereocenters. The maximum absolute atomic E-state index is 12.6. The lowest BCUT2D eigenvalue weighted by Gasteiger charge is -2.36. The van der Waals surface area contributed by atoms with Gasteiger partial charge in [-0.05, 0) is 55.2 Å². The molecule has 9 heteroatoms. The number of nitrogens with zero attached hydrogens (tertiary/aromatic N) is 1. The molecule has 1 fully saturated rings. The van der Waals surface area contributed by atoms with Crippen molar-refractivity contribution in [3.63, 3.8) is 0 Å². The molecule has 176 valence electrons. The standard InChI is InChI=1S/C23H33N3O5S/c1-4-5-13-30-18-8-6-17(7-9-18)21(28)25-23(32)26-12-11-24-22(29)19(26)15-20(27)31-14-10-16(2)3/h6-9,16,19H,4-5,10-15H2,1-3H3,(H,24,29)(H,25,28,32). The van der Waals surface area contributed by atoms with Crippen molar-refractivity contribution in [3.05, 3.63) is 29.8 Å². The fraction of sp³-hybridized carbons (Fsp3) is 0.565. The number of nitrogens with one attached hydrogen (secondary N) is 2. The first-order valence-corrected chi connectivity index (χ1v) is 11.5. The number of hydrogen-bond acceptors (Lipinski definition) is 6. The summed E-state index contributed by atoms with van der Waals surface area (Å²) in [5, 5.41) is 5.50. The second-order valence-electron chi connectivity index (χ2n) is 8.09. The molecule has 1 heterocycles. The van der Waals surface area contributed by atoms with Gasteiger partial charge in [-0.25, -0.2) is 0 Å². The van der Waals surface area contributed by atoms with Gasteiger partial charge in [0.2, 0.25) is 5.91 Å². The van der Waals surface area contributed by atoms with E-state index in [1.54, 1.807) is 29.2 Å². The zero-order valence-electron chi connectivity index (χ0n) is 19.0. The van der Waals surface area contributed by atoms with Crippen molar-refractivity contribution < 1.29 is 23.9 Å². The molecule has 1 aliphatic rings. The van der Waals surface area contributed by atoms with Crippen molar-refractivity contribution in [3.8, 4) is 5.75 Å². The number of piperazine rings is 1. The first-order chi connectivity index (χ1) is 15.3. The number of hydrogen-bond donors (Lipinski definition) is 2. The fourth-order valence-corrected chi connectivity index (χ4v) is 3.38. The SMILES string of the molecule is CCCCOc1ccc(C(=O)NC(=S)N2CCNC(=O)C2CC(=O)OCCC(C)C)cc1. The normalized spacial score (nSPS) is 15.8.